The molecule has 0 aromatic carbocycles. The first-order valence-electron chi connectivity index (χ1n) is 5.87. The molecular weight excluding hydrogens is 230 g/mol. The second-order valence-electron chi connectivity index (χ2n) is 4.47. The van der Waals surface area contributed by atoms with Crippen LogP contribution in [-0.4, -0.2) is 25.2 Å². The molecule has 1 N–H and O–H groups in total. The van der Waals surface area contributed by atoms with E-state index >= 15 is 0 Å². The zero-order valence-corrected chi connectivity index (χ0v) is 10.8. The number of carbonyl (C=O) groups is 1. The molecule has 0 saturated heterocycles. The lowest BCUT2D eigenvalue weighted by Crippen LogP contribution is -2.17. The highest BCUT2D eigenvalue weighted by molar-refractivity contribution is 5.90. The molecule has 0 unspecified atom stereocenters. The molecule has 2 aromatic rings. The molecule has 0 saturated carbocycles. The Hall–Kier alpha value is -2.11. The summed E-state index contributed by atoms with van der Waals surface area (Å²) in [5.74, 6) is 0.432. The number of hydrogen-bond acceptors (Lipinski definition) is 3. The van der Waals surface area contributed by atoms with Crippen molar-refractivity contribution in [3.63, 3.8) is 0 Å². The molecule has 0 aliphatic rings. The number of aryl methyl sites for hydroxylation is 1. The summed E-state index contributed by atoms with van der Waals surface area (Å²) in [4.78, 5) is 15.8. The molecule has 2 rings (SSSR count). The van der Waals surface area contributed by atoms with Gasteiger partial charge in [0, 0.05) is 31.7 Å². The predicted molar refractivity (Wildman–Crippen MR) is 68.2 cm³/mol. The molecule has 0 aliphatic heterocycles. The van der Waals surface area contributed by atoms with Crippen molar-refractivity contribution in [3.05, 3.63) is 30.4 Å². The molecule has 2 aromatic heterocycles. The van der Waals surface area contributed by atoms with Gasteiger partial charge < -0.3 is 4.57 Å². The van der Waals surface area contributed by atoms with Crippen molar-refractivity contribution < 1.29 is 4.79 Å². The third kappa shape index (κ3) is 2.77. The van der Waals surface area contributed by atoms with Gasteiger partial charge in [-0.25, -0.2) is 4.98 Å². The Morgan fingerprint density at radius 2 is 2.22 bits per heavy atom. The fourth-order valence-electron chi connectivity index (χ4n) is 1.58. The van der Waals surface area contributed by atoms with Crippen LogP contribution in [0.5, 0.6) is 0 Å². The Balaban J connectivity index is 1.97. The Labute approximate surface area is 106 Å². The third-order valence-corrected chi connectivity index (χ3v) is 2.61. The van der Waals surface area contributed by atoms with Gasteiger partial charge in [0.2, 0.25) is 11.9 Å². The summed E-state index contributed by atoms with van der Waals surface area (Å²) >= 11 is 0. The first-order chi connectivity index (χ1) is 8.56. The highest BCUT2D eigenvalue weighted by atomic mass is 16.1. The van der Waals surface area contributed by atoms with Crippen LogP contribution in [0.4, 0.5) is 5.95 Å². The van der Waals surface area contributed by atoms with Crippen LogP contribution < -0.4 is 5.32 Å². The number of nitrogens with one attached hydrogen (secondary N) is 1. The SMILES string of the molecule is CC(C)n1ccc(CC(=O)Nc2nccn2C)n1. The van der Waals surface area contributed by atoms with Crippen LogP contribution in [-0.2, 0) is 18.3 Å². The molecule has 0 fully saturated rings. The smallest absolute Gasteiger partial charge is 0.232 e. The van der Waals surface area contributed by atoms with Gasteiger partial charge in [0.05, 0.1) is 12.1 Å². The standard InChI is InChI=1S/C12H17N5O/c1-9(2)17-6-4-10(15-17)8-11(18)14-12-13-5-7-16(12)3/h4-7,9H,8H2,1-3H3,(H,13,14,18). The summed E-state index contributed by atoms with van der Waals surface area (Å²) in [6.45, 7) is 4.09. The van der Waals surface area contributed by atoms with Crippen LogP contribution in [0.15, 0.2) is 24.7 Å². The number of imidazole rings is 1. The number of hydrogen-bond donors (Lipinski definition) is 1. The maximum atomic E-state index is 11.8. The third-order valence-electron chi connectivity index (χ3n) is 2.61. The number of nitrogens with zero attached hydrogens (tertiary/aromatic N) is 4. The Morgan fingerprint density at radius 1 is 1.44 bits per heavy atom. The highest BCUT2D eigenvalue weighted by Gasteiger charge is 2.09. The van der Waals surface area contributed by atoms with E-state index in [1.807, 2.05) is 37.8 Å². The predicted octanol–water partition coefficient (Wildman–Crippen LogP) is 1.38. The van der Waals surface area contributed by atoms with E-state index in [4.69, 9.17) is 0 Å². The van der Waals surface area contributed by atoms with Crippen molar-refractivity contribution in [2.24, 2.45) is 7.05 Å². The molecule has 1 amide bonds. The van der Waals surface area contributed by atoms with E-state index in [2.05, 4.69) is 15.4 Å². The van der Waals surface area contributed by atoms with Crippen LogP contribution in [0, 0.1) is 0 Å². The van der Waals surface area contributed by atoms with E-state index in [-0.39, 0.29) is 12.3 Å². The second-order valence-corrected chi connectivity index (χ2v) is 4.47. The zero-order valence-electron chi connectivity index (χ0n) is 10.8. The van der Waals surface area contributed by atoms with Gasteiger partial charge in [-0.15, -0.1) is 0 Å². The summed E-state index contributed by atoms with van der Waals surface area (Å²) < 4.78 is 3.59. The number of anilines is 1. The van der Waals surface area contributed by atoms with Gasteiger partial charge in [-0.3, -0.25) is 14.8 Å². The van der Waals surface area contributed by atoms with Crippen LogP contribution in [0.3, 0.4) is 0 Å². The minimum atomic E-state index is -0.113. The van der Waals surface area contributed by atoms with E-state index in [0.29, 0.717) is 12.0 Å². The first-order valence-corrected chi connectivity index (χ1v) is 5.87. The normalized spacial score (nSPS) is 10.9. The lowest BCUT2D eigenvalue weighted by atomic mass is 10.3. The van der Waals surface area contributed by atoms with Crippen LogP contribution in [0.25, 0.3) is 0 Å². The van der Waals surface area contributed by atoms with E-state index in [1.54, 1.807) is 17.0 Å². The topological polar surface area (TPSA) is 64.7 Å². The maximum absolute atomic E-state index is 11.8. The summed E-state index contributed by atoms with van der Waals surface area (Å²) in [6.07, 6.45) is 5.56. The second kappa shape index (κ2) is 5.03. The zero-order chi connectivity index (χ0) is 13.1. The van der Waals surface area contributed by atoms with Gasteiger partial charge >= 0.3 is 0 Å². The number of aromatic nitrogens is 4. The van der Waals surface area contributed by atoms with Crippen LogP contribution in [0.2, 0.25) is 0 Å². The Bertz CT molecular complexity index is 540. The fraction of sp³-hybridized carbons (Fsp3) is 0.417. The van der Waals surface area contributed by atoms with Crippen molar-refractivity contribution in [3.8, 4) is 0 Å². The van der Waals surface area contributed by atoms with Crippen molar-refractivity contribution in [1.82, 2.24) is 19.3 Å². The lowest BCUT2D eigenvalue weighted by molar-refractivity contribution is -0.115. The average molecular weight is 247 g/mol. The monoisotopic (exact) mass is 247 g/mol. The molecular formula is C12H17N5O. The summed E-state index contributed by atoms with van der Waals surface area (Å²) in [5.41, 5.74) is 0.760. The van der Waals surface area contributed by atoms with Gasteiger partial charge in [-0.1, -0.05) is 0 Å². The van der Waals surface area contributed by atoms with Crippen molar-refractivity contribution in [1.29, 1.82) is 0 Å². The molecule has 0 atom stereocenters. The van der Waals surface area contributed by atoms with Crippen LogP contribution in [0.1, 0.15) is 25.6 Å². The maximum Gasteiger partial charge on any atom is 0.232 e. The van der Waals surface area contributed by atoms with Gasteiger partial charge in [-0.05, 0) is 19.9 Å². The Kier molecular flexibility index (Phi) is 3.45. The van der Waals surface area contributed by atoms with Crippen molar-refractivity contribution >= 4 is 11.9 Å². The molecule has 2 heterocycles. The Morgan fingerprint density at radius 3 is 2.78 bits per heavy atom. The molecule has 96 valence electrons. The van der Waals surface area contributed by atoms with Gasteiger partial charge in [-0.2, -0.15) is 5.10 Å². The van der Waals surface area contributed by atoms with E-state index in [9.17, 15) is 4.79 Å². The molecule has 0 radical (unpaired) electrons. The highest BCUT2D eigenvalue weighted by Crippen LogP contribution is 2.06. The number of carbonyl (C=O) groups excluding carboxylic acids is 1. The van der Waals surface area contributed by atoms with Gasteiger partial charge in [0.25, 0.3) is 0 Å². The van der Waals surface area contributed by atoms with E-state index < -0.39 is 0 Å². The molecule has 0 spiro atoms. The van der Waals surface area contributed by atoms with Crippen molar-refractivity contribution in [2.75, 3.05) is 5.32 Å². The summed E-state index contributed by atoms with van der Waals surface area (Å²) in [7, 11) is 1.83. The molecule has 0 bridgehead atoms. The van der Waals surface area contributed by atoms with Gasteiger partial charge in [0.1, 0.15) is 0 Å². The minimum Gasteiger partial charge on any atom is -0.320 e. The average Bonchev–Trinajstić information content (AvgIpc) is 2.89. The lowest BCUT2D eigenvalue weighted by Gasteiger charge is -2.04. The summed E-state index contributed by atoms with van der Waals surface area (Å²) in [6, 6.07) is 2.16. The van der Waals surface area contributed by atoms with E-state index in [1.165, 1.54) is 0 Å². The first kappa shape index (κ1) is 12.3. The summed E-state index contributed by atoms with van der Waals surface area (Å²) in [5, 5.41) is 7.07. The van der Waals surface area contributed by atoms with Crippen LogP contribution >= 0.6 is 0 Å². The quantitative estimate of drug-likeness (QED) is 0.887. The number of rotatable bonds is 4. The number of amides is 1. The van der Waals surface area contributed by atoms with Crippen molar-refractivity contribution in [2.45, 2.75) is 26.3 Å². The molecule has 6 nitrogen and oxygen atoms in total. The van der Waals surface area contributed by atoms with Gasteiger partial charge in [0.15, 0.2) is 0 Å². The molecule has 6 heteroatoms. The fourth-order valence-corrected chi connectivity index (χ4v) is 1.58. The largest absolute Gasteiger partial charge is 0.320 e. The van der Waals surface area contributed by atoms with E-state index in [0.717, 1.165) is 5.69 Å². The molecule has 18 heavy (non-hydrogen) atoms. The molecule has 0 aliphatic carbocycles. The minimum absolute atomic E-state index is 0.113.